The Bertz CT molecular complexity index is 1250. The highest BCUT2D eigenvalue weighted by molar-refractivity contribution is 5.98. The van der Waals surface area contributed by atoms with Crippen molar-refractivity contribution in [3.05, 3.63) is 29.8 Å². The third-order valence-electron chi connectivity index (χ3n) is 7.21. The molecule has 0 aliphatic carbocycles. The van der Waals surface area contributed by atoms with Crippen LogP contribution in [0.5, 0.6) is 0 Å². The number of benzene rings is 1. The molecule has 0 saturated carbocycles. The second-order valence-electron chi connectivity index (χ2n) is 12.1. The molecule has 0 unspecified atom stereocenters. The van der Waals surface area contributed by atoms with E-state index in [1.54, 1.807) is 45.0 Å². The van der Waals surface area contributed by atoms with Gasteiger partial charge in [0.05, 0.1) is 52.9 Å². The largest absolute Gasteiger partial charge is 0.445 e. The highest BCUT2D eigenvalue weighted by Gasteiger charge is 2.28. The van der Waals surface area contributed by atoms with Gasteiger partial charge in [0.25, 0.3) is 0 Å². The molecule has 0 aliphatic rings. The number of methoxy groups -OCH3 is 1. The van der Waals surface area contributed by atoms with E-state index in [2.05, 4.69) is 31.9 Å². The van der Waals surface area contributed by atoms with Gasteiger partial charge in [0.15, 0.2) is 0 Å². The van der Waals surface area contributed by atoms with Crippen LogP contribution in [0.3, 0.4) is 0 Å². The molecular weight excluding hydrogens is 710 g/mol. The molecule has 2 atom stereocenters. The lowest BCUT2D eigenvalue weighted by Crippen LogP contribution is -2.54. The summed E-state index contributed by atoms with van der Waals surface area (Å²) in [5, 5.41) is 15.9. The summed E-state index contributed by atoms with van der Waals surface area (Å²) in [5.41, 5.74) is 6.30. The van der Waals surface area contributed by atoms with Crippen LogP contribution in [-0.4, -0.2) is 134 Å². The lowest BCUT2D eigenvalue weighted by molar-refractivity contribution is -0.132. The minimum absolute atomic E-state index is 0.00266. The molecule has 1 aromatic carbocycles. The minimum Gasteiger partial charge on any atom is -0.445 e. The first-order valence-corrected chi connectivity index (χ1v) is 18.0. The molecule has 8 N–H and O–H groups in total. The maximum atomic E-state index is 13.4. The molecule has 0 radical (unpaired) electrons. The first-order chi connectivity index (χ1) is 26.0. The molecule has 19 nitrogen and oxygen atoms in total. The van der Waals surface area contributed by atoms with Crippen LogP contribution in [-0.2, 0) is 54.2 Å². The van der Waals surface area contributed by atoms with Gasteiger partial charge in [-0.05, 0) is 43.4 Å². The van der Waals surface area contributed by atoms with Crippen molar-refractivity contribution in [2.75, 3.05) is 91.5 Å². The summed E-state index contributed by atoms with van der Waals surface area (Å²) in [6, 6.07) is 4.01. The molecule has 1 aromatic rings. The smallest absolute Gasteiger partial charge is 0.407 e. The van der Waals surface area contributed by atoms with E-state index in [0.29, 0.717) is 70.4 Å². The van der Waals surface area contributed by atoms with Crippen molar-refractivity contribution in [3.63, 3.8) is 0 Å². The van der Waals surface area contributed by atoms with E-state index >= 15 is 0 Å². The molecule has 0 bridgehead atoms. The predicted octanol–water partition coefficient (Wildman–Crippen LogP) is 0.164. The van der Waals surface area contributed by atoms with Crippen molar-refractivity contribution in [2.24, 2.45) is 11.7 Å². The van der Waals surface area contributed by atoms with E-state index in [1.165, 1.54) is 7.11 Å². The predicted molar refractivity (Wildman–Crippen MR) is 197 cm³/mol. The third-order valence-corrected chi connectivity index (χ3v) is 7.21. The number of hydrogen-bond donors (Lipinski definition) is 7. The fourth-order valence-corrected chi connectivity index (χ4v) is 4.46. The van der Waals surface area contributed by atoms with Crippen LogP contribution in [0, 0.1) is 5.92 Å². The van der Waals surface area contributed by atoms with Gasteiger partial charge in [-0.3, -0.25) is 19.2 Å². The number of ether oxygens (including phenoxy) is 6. The number of carbonyl (C=O) groups excluding carboxylic acids is 6. The first-order valence-electron chi connectivity index (χ1n) is 18.0. The molecular formula is C35H59N7O12. The van der Waals surface area contributed by atoms with Gasteiger partial charge >= 0.3 is 12.1 Å². The van der Waals surface area contributed by atoms with Crippen molar-refractivity contribution >= 4 is 41.4 Å². The lowest BCUT2D eigenvalue weighted by atomic mass is 10.0. The summed E-state index contributed by atoms with van der Waals surface area (Å²) in [4.78, 5) is 73.3. The van der Waals surface area contributed by atoms with Crippen molar-refractivity contribution in [1.29, 1.82) is 0 Å². The third kappa shape index (κ3) is 23.9. The number of nitrogens with one attached hydrogen (secondary N) is 6. The van der Waals surface area contributed by atoms with Gasteiger partial charge in [-0.2, -0.15) is 0 Å². The zero-order valence-corrected chi connectivity index (χ0v) is 31.8. The summed E-state index contributed by atoms with van der Waals surface area (Å²) < 4.78 is 31.5. The second-order valence-corrected chi connectivity index (χ2v) is 12.1. The van der Waals surface area contributed by atoms with Gasteiger partial charge in [0.1, 0.15) is 25.3 Å². The SMILES string of the molecule is CCNC(=O)OCc1ccc(NC(=O)[C@H](CCCNC(N)=O)NC(=O)[C@@H](NC(=O)CCOCCOCCOCCOCCNC(=O)COC)C(C)C)cc1. The molecule has 0 saturated heterocycles. The van der Waals surface area contributed by atoms with E-state index in [-0.39, 0.29) is 57.6 Å². The van der Waals surface area contributed by atoms with Crippen LogP contribution in [0.2, 0.25) is 0 Å². The van der Waals surface area contributed by atoms with Gasteiger partial charge in [-0.15, -0.1) is 0 Å². The number of carbonyl (C=O) groups is 6. The molecule has 0 spiro atoms. The Labute approximate surface area is 316 Å². The van der Waals surface area contributed by atoms with Gasteiger partial charge in [-0.1, -0.05) is 26.0 Å². The summed E-state index contributed by atoms with van der Waals surface area (Å²) in [6.07, 6.45) is -0.0340. The monoisotopic (exact) mass is 769 g/mol. The summed E-state index contributed by atoms with van der Waals surface area (Å²) in [7, 11) is 1.45. The molecule has 0 heterocycles. The maximum absolute atomic E-state index is 13.4. The van der Waals surface area contributed by atoms with Gasteiger partial charge in [0.2, 0.25) is 23.6 Å². The van der Waals surface area contributed by atoms with Crippen LogP contribution in [0.1, 0.15) is 45.6 Å². The van der Waals surface area contributed by atoms with Crippen molar-refractivity contribution in [2.45, 2.75) is 58.7 Å². The molecule has 0 fully saturated rings. The molecule has 1 rings (SSSR count). The fourth-order valence-electron chi connectivity index (χ4n) is 4.46. The zero-order chi connectivity index (χ0) is 40.0. The van der Waals surface area contributed by atoms with Gasteiger partial charge in [-0.25, -0.2) is 9.59 Å². The Hall–Kier alpha value is -4.56. The Morgan fingerprint density at radius 3 is 1.91 bits per heavy atom. The number of rotatable bonds is 30. The van der Waals surface area contributed by atoms with E-state index in [9.17, 15) is 28.8 Å². The Balaban J connectivity index is 2.46. The summed E-state index contributed by atoms with van der Waals surface area (Å²) in [6.45, 7) is 8.90. The topological polar surface area (TPSA) is 256 Å². The zero-order valence-electron chi connectivity index (χ0n) is 31.8. The van der Waals surface area contributed by atoms with E-state index in [0.717, 1.165) is 0 Å². The Morgan fingerprint density at radius 1 is 0.722 bits per heavy atom. The fraction of sp³-hybridized carbons (Fsp3) is 0.657. The Kier molecular flexibility index (Phi) is 26.2. The molecule has 54 heavy (non-hydrogen) atoms. The first kappa shape index (κ1) is 47.5. The summed E-state index contributed by atoms with van der Waals surface area (Å²) in [5.74, 6) is -1.96. The highest BCUT2D eigenvalue weighted by Crippen LogP contribution is 2.13. The summed E-state index contributed by atoms with van der Waals surface area (Å²) >= 11 is 0. The average molecular weight is 770 g/mol. The maximum Gasteiger partial charge on any atom is 0.407 e. The second kappa shape index (κ2) is 29.8. The molecule has 0 aliphatic heterocycles. The minimum atomic E-state index is -1.000. The van der Waals surface area contributed by atoms with Crippen molar-refractivity contribution < 1.29 is 57.2 Å². The van der Waals surface area contributed by atoms with Crippen LogP contribution in [0.25, 0.3) is 0 Å². The van der Waals surface area contributed by atoms with E-state index in [1.807, 2.05) is 0 Å². The van der Waals surface area contributed by atoms with Crippen LogP contribution < -0.4 is 37.6 Å². The average Bonchev–Trinajstić information content (AvgIpc) is 3.13. The highest BCUT2D eigenvalue weighted by atomic mass is 16.6. The quantitative estimate of drug-likeness (QED) is 0.0517. The number of primary amides is 1. The van der Waals surface area contributed by atoms with Crippen molar-refractivity contribution in [1.82, 2.24) is 26.6 Å². The van der Waals surface area contributed by atoms with Crippen LogP contribution >= 0.6 is 0 Å². The number of anilines is 1. The molecule has 19 heteroatoms. The van der Waals surface area contributed by atoms with Gasteiger partial charge < -0.3 is 66.1 Å². The normalized spacial score (nSPS) is 11.9. The molecule has 7 amide bonds. The van der Waals surface area contributed by atoms with Crippen molar-refractivity contribution in [3.8, 4) is 0 Å². The van der Waals surface area contributed by atoms with Crippen LogP contribution in [0.4, 0.5) is 15.3 Å². The van der Waals surface area contributed by atoms with E-state index < -0.39 is 41.9 Å². The lowest BCUT2D eigenvalue weighted by Gasteiger charge is -2.25. The standard InChI is InChI=1S/C35H59N7O12/c1-5-37-35(48)54-23-26-8-10-27(11-9-26)40-32(45)28(7-6-13-39-34(36)47)41-33(46)31(25(2)3)42-29(43)12-15-50-17-19-52-21-22-53-20-18-51-16-14-38-30(44)24-49-4/h8-11,25,28,31H,5-7,12-24H2,1-4H3,(H,37,48)(H,38,44)(H,40,45)(H,41,46)(H,42,43)(H3,36,39,47)/t28-,31-/m0/s1. The van der Waals surface area contributed by atoms with Gasteiger partial charge in [0, 0.05) is 38.9 Å². The van der Waals surface area contributed by atoms with Crippen LogP contribution in [0.15, 0.2) is 24.3 Å². The number of hydrogen-bond acceptors (Lipinski definition) is 12. The van der Waals surface area contributed by atoms with E-state index in [4.69, 9.17) is 34.2 Å². The molecule has 0 aromatic heterocycles. The Morgan fingerprint density at radius 2 is 1.33 bits per heavy atom. The number of alkyl carbamates (subject to hydrolysis) is 1. The molecule has 306 valence electrons. The number of amides is 7. The number of nitrogens with two attached hydrogens (primary N) is 1. The number of urea groups is 1.